The molecule has 6 heteroatoms. The molecule has 1 aromatic heterocycles. The normalized spacial score (nSPS) is 13.9. The first-order valence-electron chi connectivity index (χ1n) is 5.22. The first kappa shape index (κ1) is 18.1. The van der Waals surface area contributed by atoms with Crippen molar-refractivity contribution >= 4 is 11.8 Å². The first-order valence-corrected chi connectivity index (χ1v) is 5.22. The van der Waals surface area contributed by atoms with Gasteiger partial charge in [-0.2, -0.15) is 0 Å². The molecule has 0 unspecified atom stereocenters. The summed E-state index contributed by atoms with van der Waals surface area (Å²) in [5.74, 6) is -0.415. The number of hydrogen-bond acceptors (Lipinski definition) is 3. The van der Waals surface area contributed by atoms with E-state index in [0.29, 0.717) is 29.8 Å². The average molecular weight is 489 g/mol. The molecule has 1 fully saturated rings. The van der Waals surface area contributed by atoms with Crippen LogP contribution in [0.2, 0.25) is 0 Å². The quantitative estimate of drug-likeness (QED) is 0.439. The molecule has 0 aromatic carbocycles. The van der Waals surface area contributed by atoms with Gasteiger partial charge in [-0.1, -0.05) is 6.92 Å². The molecule has 2 heterocycles. The second-order valence-corrected chi connectivity index (χ2v) is 3.89. The van der Waals surface area contributed by atoms with Crippen molar-refractivity contribution in [2.45, 2.75) is 26.7 Å². The molecule has 0 bridgehead atoms. The maximum atomic E-state index is 12.0. The number of aryl methyl sites for hydroxylation is 2. The number of carbonyl (C=O) groups excluding carboxylic acids is 2. The number of likely N-dealkylation sites (tertiary alicyclic amines) is 1. The van der Waals surface area contributed by atoms with Crippen molar-refractivity contribution in [1.29, 1.82) is 0 Å². The summed E-state index contributed by atoms with van der Waals surface area (Å²) >= 11 is 0. The SMILES string of the molecule is Cc1[c-]c(C)c(C(=O)N2CCCC2=O)[c-]n1.[W].[Y]. The number of amides is 2. The zero-order valence-electron chi connectivity index (χ0n) is 10.3. The van der Waals surface area contributed by atoms with Crippen molar-refractivity contribution in [2.75, 3.05) is 6.54 Å². The molecular formula is C12H12N2O2WY-2. The Balaban J connectivity index is 0.00000144. The Hall–Kier alpha value is 0.0822. The summed E-state index contributed by atoms with van der Waals surface area (Å²) in [5, 5.41) is 0. The van der Waals surface area contributed by atoms with Gasteiger partial charge in [-0.25, -0.2) is 5.56 Å². The Labute approximate surface area is 146 Å². The van der Waals surface area contributed by atoms with Gasteiger partial charge in [-0.05, 0) is 6.42 Å². The molecule has 1 radical (unpaired) electrons. The molecule has 4 nitrogen and oxygen atoms in total. The number of pyridine rings is 1. The van der Waals surface area contributed by atoms with E-state index in [1.54, 1.807) is 13.8 Å². The van der Waals surface area contributed by atoms with E-state index >= 15 is 0 Å². The third-order valence-electron chi connectivity index (χ3n) is 2.61. The Bertz CT molecular complexity index is 465. The van der Waals surface area contributed by atoms with Gasteiger partial charge in [0.15, 0.2) is 0 Å². The number of aromatic nitrogens is 1. The molecule has 2 amide bonds. The molecule has 0 spiro atoms. The Morgan fingerprint density at radius 3 is 2.56 bits per heavy atom. The third kappa shape index (κ3) is 3.79. The minimum Gasteiger partial charge on any atom is -0.397 e. The van der Waals surface area contributed by atoms with Crippen LogP contribution in [0, 0.1) is 26.1 Å². The summed E-state index contributed by atoms with van der Waals surface area (Å²) in [6.45, 7) is 4.07. The number of nitrogens with zero attached hydrogens (tertiary/aromatic N) is 2. The largest absolute Gasteiger partial charge is 0.397 e. The number of hydrogen-bond donors (Lipinski definition) is 0. The zero-order valence-corrected chi connectivity index (χ0v) is 16.1. The fraction of sp³-hybridized carbons (Fsp3) is 0.417. The standard InChI is InChI=1S/C12H12N2O2.W.Y/c1-8-6-9(2)13-7-10(8)12(16)14-5-3-4-11(14)15;;/h3-5H2,1-2H3;;/q-2;;. The smallest absolute Gasteiger partial charge is 0.220 e. The first-order chi connectivity index (χ1) is 7.59. The van der Waals surface area contributed by atoms with Gasteiger partial charge >= 0.3 is 0 Å². The number of imide groups is 1. The Morgan fingerprint density at radius 1 is 1.39 bits per heavy atom. The summed E-state index contributed by atoms with van der Waals surface area (Å²) in [6.07, 6.45) is 3.87. The second kappa shape index (κ2) is 7.62. The van der Waals surface area contributed by atoms with Crippen LogP contribution in [-0.4, -0.2) is 28.2 Å². The molecule has 1 aromatic rings. The van der Waals surface area contributed by atoms with Crippen molar-refractivity contribution < 1.29 is 63.4 Å². The van der Waals surface area contributed by atoms with Crippen LogP contribution in [0.25, 0.3) is 0 Å². The molecule has 18 heavy (non-hydrogen) atoms. The molecular weight excluding hydrogens is 477 g/mol. The van der Waals surface area contributed by atoms with Gasteiger partial charge in [-0.3, -0.25) is 10.4 Å². The minimum atomic E-state index is -0.302. The predicted molar refractivity (Wildman–Crippen MR) is 56.7 cm³/mol. The maximum Gasteiger partial charge on any atom is 0.220 e. The molecule has 1 aliphatic heterocycles. The van der Waals surface area contributed by atoms with Crippen molar-refractivity contribution in [3.63, 3.8) is 0 Å². The van der Waals surface area contributed by atoms with Gasteiger partial charge in [0.25, 0.3) is 0 Å². The number of carbonyl (C=O) groups is 2. The van der Waals surface area contributed by atoms with E-state index in [2.05, 4.69) is 17.2 Å². The molecule has 1 saturated heterocycles. The summed E-state index contributed by atoms with van der Waals surface area (Å²) < 4.78 is 0. The molecule has 0 saturated carbocycles. The molecule has 0 atom stereocenters. The van der Waals surface area contributed by atoms with Gasteiger partial charge < -0.3 is 20.7 Å². The Kier molecular flexibility index (Phi) is 7.65. The summed E-state index contributed by atoms with van der Waals surface area (Å²) in [5.41, 5.74) is 1.74. The molecule has 93 valence electrons. The van der Waals surface area contributed by atoms with Gasteiger partial charge in [0.05, 0.1) is 5.91 Å². The molecule has 2 rings (SSSR count). The van der Waals surface area contributed by atoms with Crippen LogP contribution >= 0.6 is 0 Å². The van der Waals surface area contributed by atoms with Gasteiger partial charge in [0, 0.05) is 66.7 Å². The van der Waals surface area contributed by atoms with Crippen molar-refractivity contribution in [2.24, 2.45) is 0 Å². The maximum absolute atomic E-state index is 12.0. The van der Waals surface area contributed by atoms with Crippen LogP contribution in [0.4, 0.5) is 0 Å². The van der Waals surface area contributed by atoms with Crippen LogP contribution in [0.15, 0.2) is 0 Å². The van der Waals surface area contributed by atoms with Gasteiger partial charge in [0.2, 0.25) is 5.91 Å². The monoisotopic (exact) mass is 489 g/mol. The van der Waals surface area contributed by atoms with Crippen LogP contribution in [0.3, 0.4) is 0 Å². The molecule has 1 aliphatic rings. The zero-order chi connectivity index (χ0) is 11.7. The van der Waals surface area contributed by atoms with E-state index in [-0.39, 0.29) is 65.6 Å². The van der Waals surface area contributed by atoms with Gasteiger partial charge in [0.1, 0.15) is 0 Å². The summed E-state index contributed by atoms with van der Waals surface area (Å²) in [7, 11) is 0. The van der Waals surface area contributed by atoms with E-state index in [9.17, 15) is 9.59 Å². The van der Waals surface area contributed by atoms with E-state index in [1.807, 2.05) is 0 Å². The van der Waals surface area contributed by atoms with Crippen molar-refractivity contribution in [1.82, 2.24) is 9.88 Å². The summed E-state index contributed by atoms with van der Waals surface area (Å²) in [4.78, 5) is 28.6. The van der Waals surface area contributed by atoms with E-state index in [1.165, 1.54) is 4.90 Å². The summed E-state index contributed by atoms with van der Waals surface area (Å²) in [6, 6.07) is 2.96. The van der Waals surface area contributed by atoms with Crippen LogP contribution in [-0.2, 0) is 58.6 Å². The van der Waals surface area contributed by atoms with Crippen LogP contribution in [0.1, 0.15) is 34.5 Å². The minimum absolute atomic E-state index is 0. The van der Waals surface area contributed by atoms with Crippen molar-refractivity contribution in [3.8, 4) is 0 Å². The number of rotatable bonds is 1. The molecule has 0 aliphatic carbocycles. The van der Waals surface area contributed by atoms with Crippen LogP contribution < -0.4 is 0 Å². The average Bonchev–Trinajstić information content (AvgIpc) is 2.63. The van der Waals surface area contributed by atoms with E-state index in [0.717, 1.165) is 6.42 Å². The van der Waals surface area contributed by atoms with E-state index < -0.39 is 0 Å². The second-order valence-electron chi connectivity index (χ2n) is 3.89. The van der Waals surface area contributed by atoms with E-state index in [4.69, 9.17) is 0 Å². The fourth-order valence-corrected chi connectivity index (χ4v) is 1.79. The topological polar surface area (TPSA) is 50.3 Å². The third-order valence-corrected chi connectivity index (χ3v) is 2.61. The molecule has 0 N–H and O–H groups in total. The van der Waals surface area contributed by atoms with Crippen LogP contribution in [0.5, 0.6) is 0 Å². The van der Waals surface area contributed by atoms with Crippen molar-refractivity contribution in [3.05, 3.63) is 29.1 Å². The van der Waals surface area contributed by atoms with Gasteiger partial charge in [-0.15, -0.1) is 18.8 Å². The predicted octanol–water partition coefficient (Wildman–Crippen LogP) is 1.06. The fourth-order valence-electron chi connectivity index (χ4n) is 1.79. The Morgan fingerprint density at radius 2 is 2.06 bits per heavy atom.